The molecule has 4 heteroatoms. The zero-order valence-corrected chi connectivity index (χ0v) is 26.5. The number of benzene rings is 7. The van der Waals surface area contributed by atoms with Gasteiger partial charge >= 0.3 is 0 Å². The first-order chi connectivity index (χ1) is 24.3. The maximum atomic E-state index is 6.39. The predicted molar refractivity (Wildman–Crippen MR) is 200 cm³/mol. The number of nitrogens with zero attached hydrogens (tertiary/aromatic N) is 3. The summed E-state index contributed by atoms with van der Waals surface area (Å²) in [5.74, 6) is 1.84. The summed E-state index contributed by atoms with van der Waals surface area (Å²) in [7, 11) is 0. The molecule has 0 spiro atoms. The van der Waals surface area contributed by atoms with Crippen LogP contribution in [0.3, 0.4) is 0 Å². The number of hydrogen-bond donors (Lipinski definition) is 0. The van der Waals surface area contributed by atoms with E-state index < -0.39 is 0 Å². The highest BCUT2D eigenvalue weighted by atomic mass is 16.3. The molecule has 49 heavy (non-hydrogen) atoms. The van der Waals surface area contributed by atoms with Crippen LogP contribution in [0, 0.1) is 0 Å². The van der Waals surface area contributed by atoms with E-state index in [0.29, 0.717) is 17.5 Å². The normalized spacial score (nSPS) is 11.3. The molecule has 230 valence electrons. The quantitative estimate of drug-likeness (QED) is 0.184. The highest BCUT2D eigenvalue weighted by Crippen LogP contribution is 2.37. The molecule has 0 aliphatic heterocycles. The second kappa shape index (κ2) is 12.2. The zero-order chi connectivity index (χ0) is 32.6. The van der Waals surface area contributed by atoms with E-state index in [0.717, 1.165) is 72.0 Å². The van der Waals surface area contributed by atoms with Crippen LogP contribution in [0.15, 0.2) is 180 Å². The van der Waals surface area contributed by atoms with E-state index in [4.69, 9.17) is 19.4 Å². The van der Waals surface area contributed by atoms with Crippen LogP contribution in [0.2, 0.25) is 0 Å². The monoisotopic (exact) mass is 627 g/mol. The number of rotatable bonds is 6. The van der Waals surface area contributed by atoms with Crippen LogP contribution in [0.1, 0.15) is 0 Å². The van der Waals surface area contributed by atoms with Crippen molar-refractivity contribution in [2.75, 3.05) is 0 Å². The largest absolute Gasteiger partial charge is 0.455 e. The van der Waals surface area contributed by atoms with Crippen molar-refractivity contribution in [1.29, 1.82) is 0 Å². The third kappa shape index (κ3) is 5.45. The smallest absolute Gasteiger partial charge is 0.164 e. The minimum absolute atomic E-state index is 0.605. The fourth-order valence-electron chi connectivity index (χ4n) is 6.50. The van der Waals surface area contributed by atoms with Crippen LogP contribution in [-0.4, -0.2) is 15.0 Å². The molecule has 9 aromatic rings. The lowest BCUT2D eigenvalue weighted by Gasteiger charge is -2.11. The molecule has 0 radical (unpaired) electrons. The average Bonchev–Trinajstić information content (AvgIpc) is 3.58. The molecule has 0 aliphatic rings. The van der Waals surface area contributed by atoms with Gasteiger partial charge in [-0.05, 0) is 52.1 Å². The summed E-state index contributed by atoms with van der Waals surface area (Å²) in [5.41, 5.74) is 11.0. The molecule has 0 saturated carbocycles. The molecule has 0 saturated heterocycles. The van der Waals surface area contributed by atoms with E-state index in [1.54, 1.807) is 0 Å². The van der Waals surface area contributed by atoms with E-state index >= 15 is 0 Å². The minimum atomic E-state index is 0.605. The van der Waals surface area contributed by atoms with Crippen molar-refractivity contribution in [3.05, 3.63) is 176 Å². The van der Waals surface area contributed by atoms with Crippen LogP contribution in [-0.2, 0) is 0 Å². The lowest BCUT2D eigenvalue weighted by molar-refractivity contribution is 0.670. The first-order valence-electron chi connectivity index (χ1n) is 16.4. The molecular formula is C45H29N3O. The van der Waals surface area contributed by atoms with Crippen LogP contribution in [0.4, 0.5) is 0 Å². The maximum absolute atomic E-state index is 6.39. The zero-order valence-electron chi connectivity index (χ0n) is 26.5. The SMILES string of the molecule is c1ccc(-c2cccc(-c3nc(-c4cccc(-c5ccccc5)c4)nc(-c4cccc(-c5cccc6c5oc5ccccc56)c4)n3)c2)cc1. The van der Waals surface area contributed by atoms with E-state index in [2.05, 4.69) is 146 Å². The van der Waals surface area contributed by atoms with Gasteiger partial charge in [-0.3, -0.25) is 0 Å². The van der Waals surface area contributed by atoms with E-state index in [9.17, 15) is 0 Å². The van der Waals surface area contributed by atoms with Gasteiger partial charge in [0.05, 0.1) is 0 Å². The molecule has 7 aromatic carbocycles. The van der Waals surface area contributed by atoms with Crippen LogP contribution < -0.4 is 0 Å². The van der Waals surface area contributed by atoms with Gasteiger partial charge in [0, 0.05) is 33.0 Å². The van der Waals surface area contributed by atoms with Crippen molar-refractivity contribution in [2.45, 2.75) is 0 Å². The molecule has 0 aliphatic carbocycles. The van der Waals surface area contributed by atoms with E-state index in [1.165, 1.54) is 0 Å². The number of para-hydroxylation sites is 2. The molecule has 9 rings (SSSR count). The summed E-state index contributed by atoms with van der Waals surface area (Å²) >= 11 is 0. The Bertz CT molecular complexity index is 2510. The third-order valence-electron chi connectivity index (χ3n) is 8.93. The Morgan fingerprint density at radius 3 is 1.29 bits per heavy atom. The van der Waals surface area contributed by atoms with Crippen molar-refractivity contribution in [2.24, 2.45) is 0 Å². The second-order valence-electron chi connectivity index (χ2n) is 12.1. The second-order valence-corrected chi connectivity index (χ2v) is 12.1. The number of hydrogen-bond acceptors (Lipinski definition) is 4. The molecule has 0 fully saturated rings. The molecule has 0 unspecified atom stereocenters. The van der Waals surface area contributed by atoms with E-state index in [1.807, 2.05) is 30.3 Å². The van der Waals surface area contributed by atoms with Gasteiger partial charge in [-0.25, -0.2) is 15.0 Å². The fourth-order valence-corrected chi connectivity index (χ4v) is 6.50. The standard InChI is InChI=1S/C45H29N3O/c1-3-13-30(14-4-1)32-17-9-20-35(27-32)43-46-44(36-21-10-18-33(28-36)31-15-5-2-6-16-31)48-45(47-43)37-22-11-19-34(29-37)38-24-12-25-40-39-23-7-8-26-41(39)49-42(38)40/h1-29H. The topological polar surface area (TPSA) is 51.8 Å². The predicted octanol–water partition coefficient (Wildman–Crippen LogP) is 11.8. The van der Waals surface area contributed by atoms with E-state index in [-0.39, 0.29) is 0 Å². The van der Waals surface area contributed by atoms with Gasteiger partial charge in [0.25, 0.3) is 0 Å². The van der Waals surface area contributed by atoms with Gasteiger partial charge in [0.2, 0.25) is 0 Å². The first-order valence-corrected chi connectivity index (χ1v) is 16.4. The Labute approximate surface area is 284 Å². The minimum Gasteiger partial charge on any atom is -0.455 e. The molecule has 4 nitrogen and oxygen atoms in total. The molecule has 0 atom stereocenters. The fraction of sp³-hybridized carbons (Fsp3) is 0. The molecule has 0 bridgehead atoms. The van der Waals surface area contributed by atoms with Gasteiger partial charge in [-0.1, -0.05) is 152 Å². The lowest BCUT2D eigenvalue weighted by Crippen LogP contribution is -2.00. The van der Waals surface area contributed by atoms with Gasteiger partial charge in [-0.15, -0.1) is 0 Å². The van der Waals surface area contributed by atoms with Crippen molar-refractivity contribution < 1.29 is 4.42 Å². The number of furan rings is 1. The molecule has 2 aromatic heterocycles. The van der Waals surface area contributed by atoms with Crippen molar-refractivity contribution in [3.63, 3.8) is 0 Å². The Morgan fingerprint density at radius 2 is 0.714 bits per heavy atom. The highest BCUT2D eigenvalue weighted by Gasteiger charge is 2.16. The summed E-state index contributed by atoms with van der Waals surface area (Å²) in [5, 5.41) is 2.21. The Kier molecular flexibility index (Phi) is 7.10. The van der Waals surface area contributed by atoms with Gasteiger partial charge < -0.3 is 4.42 Å². The summed E-state index contributed by atoms with van der Waals surface area (Å²) in [6.07, 6.45) is 0. The third-order valence-corrected chi connectivity index (χ3v) is 8.93. The van der Waals surface area contributed by atoms with Gasteiger partial charge in [0.1, 0.15) is 11.2 Å². The highest BCUT2D eigenvalue weighted by molar-refractivity contribution is 6.09. The Hall–Kier alpha value is -6.65. The Morgan fingerprint density at radius 1 is 0.306 bits per heavy atom. The van der Waals surface area contributed by atoms with Gasteiger partial charge in [0.15, 0.2) is 17.5 Å². The summed E-state index contributed by atoms with van der Waals surface area (Å²) in [4.78, 5) is 15.3. The first kappa shape index (κ1) is 28.6. The van der Waals surface area contributed by atoms with Crippen LogP contribution in [0.25, 0.3) is 89.5 Å². The maximum Gasteiger partial charge on any atom is 0.164 e. The number of fused-ring (bicyclic) bond motifs is 3. The van der Waals surface area contributed by atoms with Crippen molar-refractivity contribution >= 4 is 21.9 Å². The molecule has 0 N–H and O–H groups in total. The molecule has 0 amide bonds. The van der Waals surface area contributed by atoms with Crippen molar-refractivity contribution in [3.8, 4) is 67.5 Å². The lowest BCUT2D eigenvalue weighted by atomic mass is 10.00. The van der Waals surface area contributed by atoms with Gasteiger partial charge in [-0.2, -0.15) is 0 Å². The average molecular weight is 628 g/mol. The Balaban J connectivity index is 1.20. The summed E-state index contributed by atoms with van der Waals surface area (Å²) in [6.45, 7) is 0. The summed E-state index contributed by atoms with van der Waals surface area (Å²) < 4.78 is 6.39. The number of aromatic nitrogens is 3. The van der Waals surface area contributed by atoms with Crippen LogP contribution in [0.5, 0.6) is 0 Å². The van der Waals surface area contributed by atoms with Crippen molar-refractivity contribution in [1.82, 2.24) is 15.0 Å². The summed E-state index contributed by atoms with van der Waals surface area (Å²) in [6, 6.07) is 60.4. The van der Waals surface area contributed by atoms with Crippen LogP contribution >= 0.6 is 0 Å². The molecular weight excluding hydrogens is 599 g/mol. The molecule has 2 heterocycles.